The summed E-state index contributed by atoms with van der Waals surface area (Å²) < 4.78 is 0. The van der Waals surface area contributed by atoms with Gasteiger partial charge < -0.3 is 10.0 Å². The Kier molecular flexibility index (Phi) is 1.19. The lowest BCUT2D eigenvalue weighted by atomic mass is 10.1. The molecule has 2 rings (SSSR count). The van der Waals surface area contributed by atoms with Crippen LogP contribution >= 0.6 is 0 Å². The van der Waals surface area contributed by atoms with Crippen LogP contribution in [0.15, 0.2) is 0 Å². The standard InChI is InChI=1S/C7H9NO3/c9-6-2-5-1-4(6)3-8(5)7(10)11/h4-5H,1-3H2,(H,10,11)/t4-,5-/m1/s1. The van der Waals surface area contributed by atoms with E-state index in [1.807, 2.05) is 0 Å². The van der Waals surface area contributed by atoms with Crippen LogP contribution in [0.5, 0.6) is 0 Å². The number of carboxylic acid groups (broad SMARTS) is 1. The van der Waals surface area contributed by atoms with Gasteiger partial charge in [0, 0.05) is 24.9 Å². The Labute approximate surface area is 63.8 Å². The van der Waals surface area contributed by atoms with Crippen LogP contribution in [0.1, 0.15) is 12.8 Å². The molecule has 60 valence electrons. The van der Waals surface area contributed by atoms with Gasteiger partial charge in [0.2, 0.25) is 0 Å². The molecule has 1 saturated carbocycles. The number of carbonyl (C=O) groups excluding carboxylic acids is 1. The summed E-state index contributed by atoms with van der Waals surface area (Å²) in [6.45, 7) is 0.429. The Balaban J connectivity index is 2.14. The molecule has 1 heterocycles. The van der Waals surface area contributed by atoms with Crippen molar-refractivity contribution in [2.75, 3.05) is 6.54 Å². The second kappa shape index (κ2) is 1.96. The Hall–Kier alpha value is -1.06. The van der Waals surface area contributed by atoms with Gasteiger partial charge in [-0.15, -0.1) is 0 Å². The zero-order chi connectivity index (χ0) is 8.01. The monoisotopic (exact) mass is 155 g/mol. The number of rotatable bonds is 0. The molecule has 0 radical (unpaired) electrons. The molecule has 2 aliphatic rings. The Bertz CT molecular complexity index is 226. The van der Waals surface area contributed by atoms with E-state index >= 15 is 0 Å². The number of hydrogen-bond acceptors (Lipinski definition) is 2. The van der Waals surface area contributed by atoms with Crippen molar-refractivity contribution < 1.29 is 14.7 Å². The summed E-state index contributed by atoms with van der Waals surface area (Å²) in [6, 6.07) is -0.00926. The SMILES string of the molecule is O=C1C[C@H]2C[C@@H]1CN2C(=O)O. The summed E-state index contributed by atoms with van der Waals surface area (Å²) in [5.74, 6) is 0.253. The number of likely N-dealkylation sites (tertiary alicyclic amines) is 1. The Morgan fingerprint density at radius 1 is 1.64 bits per heavy atom. The quantitative estimate of drug-likeness (QED) is 0.548. The normalized spacial score (nSPS) is 34.9. The smallest absolute Gasteiger partial charge is 0.407 e. The number of hydrogen-bond donors (Lipinski definition) is 1. The fraction of sp³-hybridized carbons (Fsp3) is 0.714. The Morgan fingerprint density at radius 2 is 2.36 bits per heavy atom. The number of ketones is 1. The van der Waals surface area contributed by atoms with Gasteiger partial charge >= 0.3 is 6.09 Å². The molecule has 2 atom stereocenters. The molecule has 1 N–H and O–H groups in total. The largest absolute Gasteiger partial charge is 0.465 e. The summed E-state index contributed by atoms with van der Waals surface area (Å²) in [7, 11) is 0. The number of amides is 1. The summed E-state index contributed by atoms with van der Waals surface area (Å²) in [5.41, 5.74) is 0. The van der Waals surface area contributed by atoms with E-state index in [0.717, 1.165) is 6.42 Å². The lowest BCUT2D eigenvalue weighted by molar-refractivity contribution is -0.122. The van der Waals surface area contributed by atoms with E-state index in [1.54, 1.807) is 0 Å². The third kappa shape index (κ3) is 0.818. The van der Waals surface area contributed by atoms with Crippen molar-refractivity contribution in [1.82, 2.24) is 4.90 Å². The van der Waals surface area contributed by atoms with Crippen LogP contribution < -0.4 is 0 Å². The maximum absolute atomic E-state index is 11.0. The van der Waals surface area contributed by atoms with E-state index in [-0.39, 0.29) is 17.7 Å². The first-order valence-electron chi connectivity index (χ1n) is 3.71. The topological polar surface area (TPSA) is 57.6 Å². The zero-order valence-electron chi connectivity index (χ0n) is 5.99. The van der Waals surface area contributed by atoms with E-state index in [2.05, 4.69) is 0 Å². The maximum atomic E-state index is 11.0. The molecule has 4 nitrogen and oxygen atoms in total. The van der Waals surface area contributed by atoms with Gasteiger partial charge in [-0.3, -0.25) is 4.79 Å². The molecule has 1 saturated heterocycles. The molecule has 1 aliphatic carbocycles. The lowest BCUT2D eigenvalue weighted by Gasteiger charge is -2.22. The van der Waals surface area contributed by atoms with Crippen LogP contribution in [0.25, 0.3) is 0 Å². The highest BCUT2D eigenvalue weighted by Crippen LogP contribution is 2.34. The van der Waals surface area contributed by atoms with Crippen molar-refractivity contribution in [3.8, 4) is 0 Å². The van der Waals surface area contributed by atoms with Crippen LogP contribution in [0.3, 0.4) is 0 Å². The average Bonchev–Trinajstić information content (AvgIpc) is 2.43. The minimum atomic E-state index is -0.884. The number of Topliss-reactive ketones (excluding diaryl/α,β-unsaturated/α-hetero) is 1. The van der Waals surface area contributed by atoms with Crippen molar-refractivity contribution in [3.05, 3.63) is 0 Å². The van der Waals surface area contributed by atoms with Gasteiger partial charge in [0.15, 0.2) is 0 Å². The fourth-order valence-electron chi connectivity index (χ4n) is 1.98. The van der Waals surface area contributed by atoms with Crippen LogP contribution in [0.4, 0.5) is 4.79 Å². The van der Waals surface area contributed by atoms with E-state index in [9.17, 15) is 9.59 Å². The van der Waals surface area contributed by atoms with Gasteiger partial charge in [0.25, 0.3) is 0 Å². The molecule has 1 amide bonds. The van der Waals surface area contributed by atoms with Gasteiger partial charge in [-0.05, 0) is 6.42 Å². The molecule has 2 bridgehead atoms. The van der Waals surface area contributed by atoms with Gasteiger partial charge in [0.05, 0.1) is 0 Å². The van der Waals surface area contributed by atoms with Crippen molar-refractivity contribution in [1.29, 1.82) is 0 Å². The van der Waals surface area contributed by atoms with Crippen LogP contribution in [-0.4, -0.2) is 34.5 Å². The second-order valence-corrected chi connectivity index (χ2v) is 3.19. The first-order chi connectivity index (χ1) is 5.18. The molecule has 1 aliphatic heterocycles. The lowest BCUT2D eigenvalue weighted by Crippen LogP contribution is -2.39. The van der Waals surface area contributed by atoms with E-state index in [1.165, 1.54) is 4.90 Å². The first-order valence-corrected chi connectivity index (χ1v) is 3.71. The highest BCUT2D eigenvalue weighted by atomic mass is 16.4. The molecule has 2 fully saturated rings. The highest BCUT2D eigenvalue weighted by molar-refractivity contribution is 5.87. The summed E-state index contributed by atoms with van der Waals surface area (Å²) >= 11 is 0. The number of piperidine rings is 1. The third-order valence-corrected chi connectivity index (χ3v) is 2.55. The molecule has 0 unspecified atom stereocenters. The number of nitrogens with zero attached hydrogens (tertiary/aromatic N) is 1. The number of carbonyl (C=O) groups is 2. The minimum absolute atomic E-state index is 0.00926. The molecule has 0 aromatic heterocycles. The molecular formula is C7H9NO3. The number of fused-ring (bicyclic) bond motifs is 2. The van der Waals surface area contributed by atoms with Crippen LogP contribution in [0.2, 0.25) is 0 Å². The van der Waals surface area contributed by atoms with E-state index in [4.69, 9.17) is 5.11 Å². The van der Waals surface area contributed by atoms with Crippen molar-refractivity contribution in [2.24, 2.45) is 5.92 Å². The highest BCUT2D eigenvalue weighted by Gasteiger charge is 2.45. The average molecular weight is 155 g/mol. The molecule has 4 heteroatoms. The van der Waals surface area contributed by atoms with Crippen molar-refractivity contribution in [3.63, 3.8) is 0 Å². The first kappa shape index (κ1) is 6.64. The van der Waals surface area contributed by atoms with Crippen LogP contribution in [0, 0.1) is 5.92 Å². The molecular weight excluding hydrogens is 146 g/mol. The molecule has 0 aromatic carbocycles. The third-order valence-electron chi connectivity index (χ3n) is 2.55. The maximum Gasteiger partial charge on any atom is 0.407 e. The predicted molar refractivity (Wildman–Crippen MR) is 36.2 cm³/mol. The van der Waals surface area contributed by atoms with Gasteiger partial charge in [-0.2, -0.15) is 0 Å². The summed E-state index contributed by atoms with van der Waals surface area (Å²) in [6.07, 6.45) is 0.312. The zero-order valence-corrected chi connectivity index (χ0v) is 5.99. The predicted octanol–water partition coefficient (Wildman–Crippen LogP) is 0.328. The fourth-order valence-corrected chi connectivity index (χ4v) is 1.98. The van der Waals surface area contributed by atoms with Gasteiger partial charge in [0.1, 0.15) is 5.78 Å². The second-order valence-electron chi connectivity index (χ2n) is 3.19. The van der Waals surface area contributed by atoms with Crippen LogP contribution in [-0.2, 0) is 4.79 Å². The van der Waals surface area contributed by atoms with Crippen molar-refractivity contribution in [2.45, 2.75) is 18.9 Å². The van der Waals surface area contributed by atoms with E-state index < -0.39 is 6.09 Å². The van der Waals surface area contributed by atoms with Gasteiger partial charge in [-0.1, -0.05) is 0 Å². The molecule has 0 spiro atoms. The Morgan fingerprint density at radius 3 is 2.73 bits per heavy atom. The summed E-state index contributed by atoms with van der Waals surface area (Å²) in [5, 5.41) is 8.64. The molecule has 0 aromatic rings. The van der Waals surface area contributed by atoms with Crippen molar-refractivity contribution >= 4 is 11.9 Å². The minimum Gasteiger partial charge on any atom is -0.465 e. The summed E-state index contributed by atoms with van der Waals surface area (Å²) in [4.78, 5) is 22.9. The van der Waals surface area contributed by atoms with E-state index in [0.29, 0.717) is 13.0 Å². The van der Waals surface area contributed by atoms with Gasteiger partial charge in [-0.25, -0.2) is 4.79 Å². The molecule has 11 heavy (non-hydrogen) atoms.